The highest BCUT2D eigenvalue weighted by atomic mass is 16.3. The summed E-state index contributed by atoms with van der Waals surface area (Å²) in [5.74, 6) is 0.0790. The average molecular weight is 248 g/mol. The van der Waals surface area contributed by atoms with E-state index in [1.54, 1.807) is 11.8 Å². The summed E-state index contributed by atoms with van der Waals surface area (Å²) in [6.45, 7) is 2.94. The zero-order chi connectivity index (χ0) is 13.3. The zero-order valence-electron chi connectivity index (χ0n) is 11.2. The third-order valence-corrected chi connectivity index (χ3v) is 3.30. The van der Waals surface area contributed by atoms with Crippen LogP contribution in [0.25, 0.3) is 0 Å². The number of nitrogens with zero attached hydrogens (tertiary/aromatic N) is 2. The lowest BCUT2D eigenvalue weighted by molar-refractivity contribution is -0.116. The number of anilines is 1. The Morgan fingerprint density at radius 1 is 1.50 bits per heavy atom. The fourth-order valence-corrected chi connectivity index (χ4v) is 2.41. The van der Waals surface area contributed by atoms with E-state index in [-0.39, 0.29) is 5.91 Å². The number of rotatable bonds is 3. The predicted molar refractivity (Wildman–Crippen MR) is 71.7 cm³/mol. The number of hydrogen-bond donors (Lipinski definition) is 1. The molecule has 1 N–H and O–H groups in total. The summed E-state index contributed by atoms with van der Waals surface area (Å²) in [5.41, 5.74) is 3.07. The van der Waals surface area contributed by atoms with Gasteiger partial charge in [-0.1, -0.05) is 12.1 Å². The Bertz CT molecular complexity index is 457. The Hall–Kier alpha value is -1.39. The number of fused-ring (bicyclic) bond motifs is 1. The zero-order valence-corrected chi connectivity index (χ0v) is 11.2. The van der Waals surface area contributed by atoms with E-state index in [1.807, 2.05) is 37.2 Å². The van der Waals surface area contributed by atoms with Gasteiger partial charge in [0.2, 0.25) is 5.91 Å². The van der Waals surface area contributed by atoms with E-state index >= 15 is 0 Å². The highest BCUT2D eigenvalue weighted by molar-refractivity contribution is 5.93. The lowest BCUT2D eigenvalue weighted by Crippen LogP contribution is -2.25. The van der Waals surface area contributed by atoms with Gasteiger partial charge in [-0.25, -0.2) is 0 Å². The molecule has 1 aliphatic heterocycles. The van der Waals surface area contributed by atoms with Crippen molar-refractivity contribution in [1.29, 1.82) is 0 Å². The molecular formula is C14H20N2O2. The minimum Gasteiger partial charge on any atom is -0.387 e. The highest BCUT2D eigenvalue weighted by Crippen LogP contribution is 2.30. The summed E-state index contributed by atoms with van der Waals surface area (Å²) in [6, 6.07) is 5.87. The SMILES string of the molecule is CC(=O)N1CCc2cc(C(O)CN(C)C)ccc21. The summed E-state index contributed by atoms with van der Waals surface area (Å²) >= 11 is 0. The predicted octanol–water partition coefficient (Wildman–Crippen LogP) is 1.19. The summed E-state index contributed by atoms with van der Waals surface area (Å²) < 4.78 is 0. The molecular weight excluding hydrogens is 228 g/mol. The van der Waals surface area contributed by atoms with Gasteiger partial charge in [0.25, 0.3) is 0 Å². The number of benzene rings is 1. The molecule has 1 aliphatic rings. The molecule has 0 bridgehead atoms. The van der Waals surface area contributed by atoms with Crippen molar-refractivity contribution < 1.29 is 9.90 Å². The lowest BCUT2D eigenvalue weighted by Gasteiger charge is -2.18. The standard InChI is InChI=1S/C14H20N2O2/c1-10(17)16-7-6-11-8-12(4-5-13(11)16)14(18)9-15(2)3/h4-5,8,14,18H,6-7,9H2,1-3H3. The molecule has 0 aromatic heterocycles. The molecule has 0 saturated heterocycles. The van der Waals surface area contributed by atoms with Crippen molar-refractivity contribution in [2.75, 3.05) is 32.1 Å². The van der Waals surface area contributed by atoms with E-state index in [0.717, 1.165) is 29.8 Å². The van der Waals surface area contributed by atoms with Gasteiger partial charge < -0.3 is 14.9 Å². The minimum absolute atomic E-state index is 0.0790. The van der Waals surface area contributed by atoms with E-state index in [9.17, 15) is 9.90 Å². The second kappa shape index (κ2) is 5.08. The number of carbonyl (C=O) groups excluding carboxylic acids is 1. The monoisotopic (exact) mass is 248 g/mol. The van der Waals surface area contributed by atoms with Gasteiger partial charge in [-0.3, -0.25) is 4.79 Å². The third kappa shape index (κ3) is 2.54. The first-order valence-corrected chi connectivity index (χ1v) is 6.22. The van der Waals surface area contributed by atoms with E-state index in [4.69, 9.17) is 0 Å². The van der Waals surface area contributed by atoms with Gasteiger partial charge in [0.15, 0.2) is 0 Å². The van der Waals surface area contributed by atoms with Crippen molar-refractivity contribution in [3.05, 3.63) is 29.3 Å². The first-order chi connectivity index (χ1) is 8.49. The van der Waals surface area contributed by atoms with Crippen molar-refractivity contribution in [3.63, 3.8) is 0 Å². The Kier molecular flexibility index (Phi) is 3.68. The first kappa shape index (κ1) is 13.1. The smallest absolute Gasteiger partial charge is 0.223 e. The molecule has 1 amide bonds. The van der Waals surface area contributed by atoms with Crippen LogP contribution in [-0.4, -0.2) is 43.1 Å². The summed E-state index contributed by atoms with van der Waals surface area (Å²) in [4.78, 5) is 15.2. The fraction of sp³-hybridized carbons (Fsp3) is 0.500. The van der Waals surface area contributed by atoms with Crippen LogP contribution in [0.2, 0.25) is 0 Å². The third-order valence-electron chi connectivity index (χ3n) is 3.30. The van der Waals surface area contributed by atoms with Gasteiger partial charge in [0.05, 0.1) is 6.10 Å². The second-order valence-corrected chi connectivity index (χ2v) is 5.09. The van der Waals surface area contributed by atoms with E-state index in [0.29, 0.717) is 6.54 Å². The maximum atomic E-state index is 11.4. The van der Waals surface area contributed by atoms with Crippen molar-refractivity contribution in [3.8, 4) is 0 Å². The normalized spacial score (nSPS) is 15.9. The topological polar surface area (TPSA) is 43.8 Å². The maximum Gasteiger partial charge on any atom is 0.223 e. The lowest BCUT2D eigenvalue weighted by atomic mass is 10.0. The first-order valence-electron chi connectivity index (χ1n) is 6.22. The van der Waals surface area contributed by atoms with Gasteiger partial charge in [-0.05, 0) is 37.7 Å². The van der Waals surface area contributed by atoms with Gasteiger partial charge >= 0.3 is 0 Å². The van der Waals surface area contributed by atoms with Gasteiger partial charge in [-0.2, -0.15) is 0 Å². The molecule has 18 heavy (non-hydrogen) atoms. The molecule has 0 saturated carbocycles. The van der Waals surface area contributed by atoms with Crippen LogP contribution in [0, 0.1) is 0 Å². The molecule has 1 atom stereocenters. The molecule has 1 unspecified atom stereocenters. The second-order valence-electron chi connectivity index (χ2n) is 5.09. The minimum atomic E-state index is -0.475. The van der Waals surface area contributed by atoms with Crippen molar-refractivity contribution in [1.82, 2.24) is 4.90 Å². The molecule has 0 fully saturated rings. The number of aliphatic hydroxyl groups excluding tert-OH is 1. The van der Waals surface area contributed by atoms with Crippen LogP contribution in [-0.2, 0) is 11.2 Å². The quantitative estimate of drug-likeness (QED) is 0.874. The van der Waals surface area contributed by atoms with E-state index in [2.05, 4.69) is 0 Å². The molecule has 4 nitrogen and oxygen atoms in total. The number of likely N-dealkylation sites (N-methyl/N-ethyl adjacent to an activating group) is 1. The van der Waals surface area contributed by atoms with Gasteiger partial charge in [0, 0.05) is 25.7 Å². The van der Waals surface area contributed by atoms with Crippen LogP contribution >= 0.6 is 0 Å². The van der Waals surface area contributed by atoms with Gasteiger partial charge in [0.1, 0.15) is 0 Å². The van der Waals surface area contributed by atoms with Crippen LogP contribution in [0.3, 0.4) is 0 Å². The van der Waals surface area contributed by atoms with Crippen LogP contribution in [0.1, 0.15) is 24.2 Å². The molecule has 0 spiro atoms. The summed E-state index contributed by atoms with van der Waals surface area (Å²) in [6.07, 6.45) is 0.397. The molecule has 4 heteroatoms. The van der Waals surface area contributed by atoms with Gasteiger partial charge in [-0.15, -0.1) is 0 Å². The van der Waals surface area contributed by atoms with E-state index < -0.39 is 6.10 Å². The largest absolute Gasteiger partial charge is 0.387 e. The number of aliphatic hydroxyl groups is 1. The molecule has 1 heterocycles. The Labute approximate surface area is 108 Å². The fourth-order valence-electron chi connectivity index (χ4n) is 2.41. The molecule has 0 aliphatic carbocycles. The number of amides is 1. The van der Waals surface area contributed by atoms with E-state index in [1.165, 1.54) is 0 Å². The molecule has 0 radical (unpaired) electrons. The van der Waals surface area contributed by atoms with Crippen LogP contribution < -0.4 is 4.90 Å². The molecule has 1 aromatic carbocycles. The molecule has 2 rings (SSSR count). The maximum absolute atomic E-state index is 11.4. The Balaban J connectivity index is 2.22. The van der Waals surface area contributed by atoms with Crippen molar-refractivity contribution in [2.45, 2.75) is 19.4 Å². The molecule has 98 valence electrons. The van der Waals surface area contributed by atoms with Crippen LogP contribution in [0.15, 0.2) is 18.2 Å². The Morgan fingerprint density at radius 3 is 2.83 bits per heavy atom. The van der Waals surface area contributed by atoms with Crippen molar-refractivity contribution >= 4 is 11.6 Å². The number of carbonyl (C=O) groups is 1. The highest BCUT2D eigenvalue weighted by Gasteiger charge is 2.23. The number of hydrogen-bond acceptors (Lipinski definition) is 3. The Morgan fingerprint density at radius 2 is 2.22 bits per heavy atom. The van der Waals surface area contributed by atoms with Crippen LogP contribution in [0.5, 0.6) is 0 Å². The van der Waals surface area contributed by atoms with Crippen LogP contribution in [0.4, 0.5) is 5.69 Å². The summed E-state index contributed by atoms with van der Waals surface area (Å²) in [7, 11) is 3.88. The van der Waals surface area contributed by atoms with Crippen molar-refractivity contribution in [2.24, 2.45) is 0 Å². The summed E-state index contributed by atoms with van der Waals surface area (Å²) in [5, 5.41) is 10.1. The molecule has 1 aromatic rings. The average Bonchev–Trinajstić information content (AvgIpc) is 2.70.